The number of likely N-dealkylation sites (N-methyl/N-ethyl adjacent to an activating group) is 1. The van der Waals surface area contributed by atoms with E-state index in [0.29, 0.717) is 23.7 Å². The number of Topliss-reactive ketones (excluding diaryl/α,β-unsaturated/α-hetero) is 1. The monoisotopic (exact) mass is 439 g/mol. The number of aromatic nitrogens is 2. The van der Waals surface area contributed by atoms with Gasteiger partial charge in [-0.25, -0.2) is 4.98 Å². The molecule has 5 rings (SSSR count). The van der Waals surface area contributed by atoms with Crippen LogP contribution in [-0.4, -0.2) is 47.5 Å². The number of pyridine rings is 1. The molecule has 0 spiro atoms. The Morgan fingerprint density at radius 1 is 1.09 bits per heavy atom. The number of carbonyl (C=O) groups excluding carboxylic acids is 1. The van der Waals surface area contributed by atoms with Crippen LogP contribution >= 0.6 is 0 Å². The number of aryl methyl sites for hydroxylation is 1. The molecular weight excluding hydrogens is 414 g/mol. The molecule has 6 heteroatoms. The zero-order valence-corrected chi connectivity index (χ0v) is 18.9. The Labute approximate surface area is 192 Å². The average Bonchev–Trinajstić information content (AvgIpc) is 3.31. The third kappa shape index (κ3) is 3.90. The number of hydrogen-bond acceptors (Lipinski definition) is 5. The Morgan fingerprint density at radius 2 is 1.91 bits per heavy atom. The van der Waals surface area contributed by atoms with E-state index in [1.807, 2.05) is 85.5 Å². The van der Waals surface area contributed by atoms with E-state index < -0.39 is 0 Å². The fourth-order valence-electron chi connectivity index (χ4n) is 4.11. The van der Waals surface area contributed by atoms with Gasteiger partial charge in [0, 0.05) is 36.9 Å². The zero-order chi connectivity index (χ0) is 22.9. The lowest BCUT2D eigenvalue weighted by atomic mass is 10.0. The quantitative estimate of drug-likeness (QED) is 0.404. The van der Waals surface area contributed by atoms with Crippen LogP contribution in [0.25, 0.3) is 28.2 Å². The lowest BCUT2D eigenvalue weighted by Gasteiger charge is -2.12. The molecule has 0 bridgehead atoms. The first-order valence-corrected chi connectivity index (χ1v) is 10.9. The minimum Gasteiger partial charge on any atom is -0.491 e. The number of nitrogens with zero attached hydrogens (tertiary/aromatic N) is 3. The number of fused-ring (bicyclic) bond motifs is 2. The third-order valence-electron chi connectivity index (χ3n) is 5.71. The highest BCUT2D eigenvalue weighted by atomic mass is 16.5. The number of carbonyl (C=O) groups is 1. The van der Waals surface area contributed by atoms with Gasteiger partial charge in [0.2, 0.25) is 5.78 Å². The topological polar surface area (TPSA) is 56.6 Å². The van der Waals surface area contributed by atoms with Gasteiger partial charge in [-0.3, -0.25) is 4.79 Å². The maximum Gasteiger partial charge on any atom is 0.235 e. The van der Waals surface area contributed by atoms with Gasteiger partial charge in [-0.15, -0.1) is 0 Å². The molecule has 4 aromatic rings. The van der Waals surface area contributed by atoms with Crippen molar-refractivity contribution >= 4 is 22.9 Å². The molecule has 6 nitrogen and oxygen atoms in total. The normalized spacial score (nSPS) is 14.2. The van der Waals surface area contributed by atoms with Crippen LogP contribution in [0.1, 0.15) is 15.9 Å². The highest BCUT2D eigenvalue weighted by molar-refractivity contribution is 6.17. The number of benzene rings is 2. The minimum absolute atomic E-state index is 0.174. The molecule has 0 amide bonds. The highest BCUT2D eigenvalue weighted by Crippen LogP contribution is 2.39. The maximum atomic E-state index is 13.3. The molecule has 1 aliphatic heterocycles. The summed E-state index contributed by atoms with van der Waals surface area (Å²) >= 11 is 0. The Balaban J connectivity index is 1.55. The summed E-state index contributed by atoms with van der Waals surface area (Å²) in [5.74, 6) is 1.18. The molecule has 33 heavy (non-hydrogen) atoms. The van der Waals surface area contributed by atoms with E-state index >= 15 is 0 Å². The molecular formula is C27H25N3O3. The molecule has 0 radical (unpaired) electrons. The van der Waals surface area contributed by atoms with Gasteiger partial charge in [-0.1, -0.05) is 36.4 Å². The average molecular weight is 440 g/mol. The molecule has 0 N–H and O–H groups in total. The number of allylic oxidation sites excluding steroid dienone is 1. The summed E-state index contributed by atoms with van der Waals surface area (Å²) in [6, 6.07) is 17.6. The molecule has 0 saturated heterocycles. The van der Waals surface area contributed by atoms with Gasteiger partial charge >= 0.3 is 0 Å². The third-order valence-corrected chi connectivity index (χ3v) is 5.71. The maximum absolute atomic E-state index is 13.3. The molecule has 0 saturated carbocycles. The van der Waals surface area contributed by atoms with Crippen LogP contribution in [0.3, 0.4) is 0 Å². The van der Waals surface area contributed by atoms with Gasteiger partial charge < -0.3 is 18.9 Å². The van der Waals surface area contributed by atoms with Gasteiger partial charge in [-0.2, -0.15) is 0 Å². The molecule has 2 aromatic heterocycles. The van der Waals surface area contributed by atoms with Crippen molar-refractivity contribution in [2.45, 2.75) is 0 Å². The van der Waals surface area contributed by atoms with Crippen molar-refractivity contribution in [1.82, 2.24) is 14.5 Å². The molecule has 166 valence electrons. The molecule has 1 aliphatic rings. The first-order chi connectivity index (χ1) is 16.0. The predicted molar refractivity (Wildman–Crippen MR) is 130 cm³/mol. The van der Waals surface area contributed by atoms with Crippen molar-refractivity contribution in [3.63, 3.8) is 0 Å². The number of ether oxygens (including phenoxy) is 2. The fraction of sp³-hybridized carbons (Fsp3) is 0.185. The second-order valence-corrected chi connectivity index (χ2v) is 8.34. The predicted octanol–water partition coefficient (Wildman–Crippen LogP) is 4.80. The Bertz CT molecular complexity index is 1370. The van der Waals surface area contributed by atoms with Crippen molar-refractivity contribution in [1.29, 1.82) is 0 Å². The molecule has 3 heterocycles. The van der Waals surface area contributed by atoms with Crippen LogP contribution in [0, 0.1) is 0 Å². The minimum atomic E-state index is -0.174. The van der Waals surface area contributed by atoms with Gasteiger partial charge in [0.25, 0.3) is 0 Å². The van der Waals surface area contributed by atoms with Gasteiger partial charge in [-0.05, 0) is 49.5 Å². The lowest BCUT2D eigenvalue weighted by Crippen LogP contribution is -2.19. The van der Waals surface area contributed by atoms with E-state index in [2.05, 4.69) is 17.1 Å². The van der Waals surface area contributed by atoms with Crippen molar-refractivity contribution in [3.05, 3.63) is 83.9 Å². The van der Waals surface area contributed by atoms with E-state index in [4.69, 9.17) is 9.47 Å². The first kappa shape index (κ1) is 21.0. The van der Waals surface area contributed by atoms with Crippen molar-refractivity contribution in [3.8, 4) is 22.6 Å². The van der Waals surface area contributed by atoms with Gasteiger partial charge in [0.05, 0.1) is 0 Å². The summed E-state index contributed by atoms with van der Waals surface area (Å²) < 4.78 is 13.9. The van der Waals surface area contributed by atoms with Crippen molar-refractivity contribution < 1.29 is 14.3 Å². The first-order valence-electron chi connectivity index (χ1n) is 10.9. The summed E-state index contributed by atoms with van der Waals surface area (Å²) in [5, 5.41) is 0.980. The zero-order valence-electron chi connectivity index (χ0n) is 18.9. The van der Waals surface area contributed by atoms with Crippen molar-refractivity contribution in [2.75, 3.05) is 27.2 Å². The second-order valence-electron chi connectivity index (χ2n) is 8.34. The van der Waals surface area contributed by atoms with E-state index in [0.717, 1.165) is 34.3 Å². The lowest BCUT2D eigenvalue weighted by molar-refractivity contribution is 0.101. The Kier molecular flexibility index (Phi) is 5.44. The van der Waals surface area contributed by atoms with Crippen LogP contribution < -0.4 is 9.47 Å². The van der Waals surface area contributed by atoms with Crippen LogP contribution in [-0.2, 0) is 7.05 Å². The second kappa shape index (κ2) is 8.56. The van der Waals surface area contributed by atoms with Crippen LogP contribution in [0.5, 0.6) is 11.5 Å². The highest BCUT2D eigenvalue weighted by Gasteiger charge is 2.31. The summed E-state index contributed by atoms with van der Waals surface area (Å²) in [6.45, 7) is 1.25. The van der Waals surface area contributed by atoms with Gasteiger partial charge in [0.15, 0.2) is 5.76 Å². The van der Waals surface area contributed by atoms with E-state index in [9.17, 15) is 4.79 Å². The van der Waals surface area contributed by atoms with E-state index in [1.165, 1.54) is 0 Å². The summed E-state index contributed by atoms with van der Waals surface area (Å²) in [6.07, 6.45) is 5.60. The molecule has 0 atom stereocenters. The molecule has 0 aliphatic carbocycles. The number of ketones is 1. The van der Waals surface area contributed by atoms with E-state index in [1.54, 1.807) is 6.07 Å². The van der Waals surface area contributed by atoms with Crippen LogP contribution in [0.4, 0.5) is 0 Å². The fourth-order valence-corrected chi connectivity index (χ4v) is 4.11. The number of rotatable bonds is 6. The standard InChI is InChI=1S/C27H25N3O3/c1-29(2)14-15-32-21-10-7-11-22-25(21)26(31)23(33-22)16-19-17-30(3)27-24(19)20(12-13-28-27)18-8-5-4-6-9-18/h4-13,16-17H,14-15H2,1-3H3/b23-16-. The molecule has 2 aromatic carbocycles. The Morgan fingerprint density at radius 3 is 2.70 bits per heavy atom. The summed E-state index contributed by atoms with van der Waals surface area (Å²) in [5.41, 5.74) is 4.35. The van der Waals surface area contributed by atoms with Crippen molar-refractivity contribution in [2.24, 2.45) is 7.05 Å². The Hall–Kier alpha value is -3.90. The SMILES string of the molecule is CN(C)CCOc1cccc2c1C(=O)/C(=C/c1cn(C)c3nccc(-c4ccccc4)c13)O2. The summed E-state index contributed by atoms with van der Waals surface area (Å²) in [4.78, 5) is 19.9. The number of hydrogen-bond donors (Lipinski definition) is 0. The van der Waals surface area contributed by atoms with Crippen LogP contribution in [0.2, 0.25) is 0 Å². The molecule has 0 fully saturated rings. The van der Waals surface area contributed by atoms with E-state index in [-0.39, 0.29) is 11.5 Å². The smallest absolute Gasteiger partial charge is 0.235 e. The van der Waals surface area contributed by atoms with Gasteiger partial charge in [0.1, 0.15) is 29.3 Å². The summed E-state index contributed by atoms with van der Waals surface area (Å²) in [7, 11) is 5.92. The molecule has 0 unspecified atom stereocenters. The van der Waals surface area contributed by atoms with Crippen LogP contribution in [0.15, 0.2) is 72.8 Å². The largest absolute Gasteiger partial charge is 0.491 e.